The minimum atomic E-state index is -4.80. The number of ether oxygens (including phenoxy) is 5. The fourth-order valence-electron chi connectivity index (χ4n) is 3.75. The average molecular weight is 539 g/mol. The summed E-state index contributed by atoms with van der Waals surface area (Å²) in [7, 11) is 0. The molecule has 0 amide bonds. The first-order valence-electron chi connectivity index (χ1n) is 12.3. The molecule has 0 radical (unpaired) electrons. The highest BCUT2D eigenvalue weighted by Gasteiger charge is 2.33. The van der Waals surface area contributed by atoms with E-state index in [1.54, 1.807) is 12.1 Å². The van der Waals surface area contributed by atoms with Gasteiger partial charge in [0.2, 0.25) is 0 Å². The van der Waals surface area contributed by atoms with Gasteiger partial charge in [0.25, 0.3) is 0 Å². The second-order valence-corrected chi connectivity index (χ2v) is 8.65. The molecule has 1 heterocycles. The lowest BCUT2D eigenvalue weighted by Crippen LogP contribution is -2.27. The van der Waals surface area contributed by atoms with Crippen LogP contribution in [0.2, 0.25) is 0 Å². The zero-order valence-corrected chi connectivity index (χ0v) is 21.0. The zero-order chi connectivity index (χ0) is 27.7. The van der Waals surface area contributed by atoms with Crippen molar-refractivity contribution in [3.63, 3.8) is 0 Å². The third kappa shape index (κ3) is 8.03. The molecule has 0 aliphatic carbocycles. The van der Waals surface area contributed by atoms with Gasteiger partial charge in [0.1, 0.15) is 11.3 Å². The smallest absolute Gasteiger partial charge is 0.434 e. The van der Waals surface area contributed by atoms with Gasteiger partial charge in [-0.15, -0.1) is 0 Å². The van der Waals surface area contributed by atoms with Gasteiger partial charge in [-0.05, 0) is 43.7 Å². The first-order chi connectivity index (χ1) is 18.1. The summed E-state index contributed by atoms with van der Waals surface area (Å²) >= 11 is 0. The van der Waals surface area contributed by atoms with Crippen LogP contribution in [0, 0.1) is 5.92 Å². The third-order valence-corrected chi connectivity index (χ3v) is 5.77. The largest absolute Gasteiger partial charge is 0.516 e. The molecule has 1 aliphatic rings. The van der Waals surface area contributed by atoms with Crippen molar-refractivity contribution in [3.8, 4) is 5.75 Å². The second-order valence-electron chi connectivity index (χ2n) is 8.65. The lowest BCUT2D eigenvalue weighted by Gasteiger charge is -2.29. The van der Waals surface area contributed by atoms with Crippen LogP contribution in [0.3, 0.4) is 0 Å². The van der Waals surface area contributed by atoms with Gasteiger partial charge in [-0.1, -0.05) is 38.3 Å². The van der Waals surface area contributed by atoms with Crippen LogP contribution in [0.1, 0.15) is 77.7 Å². The van der Waals surface area contributed by atoms with E-state index in [1.807, 2.05) is 0 Å². The van der Waals surface area contributed by atoms with E-state index in [-0.39, 0.29) is 12.2 Å². The van der Waals surface area contributed by atoms with Gasteiger partial charge in [-0.25, -0.2) is 14.4 Å². The van der Waals surface area contributed by atoms with Gasteiger partial charge < -0.3 is 23.7 Å². The van der Waals surface area contributed by atoms with E-state index in [2.05, 4.69) is 16.4 Å². The van der Waals surface area contributed by atoms with Crippen LogP contribution in [0.15, 0.2) is 42.5 Å². The van der Waals surface area contributed by atoms with Gasteiger partial charge in [0.05, 0.1) is 30.9 Å². The molecule has 0 atom stereocenters. The zero-order valence-electron chi connectivity index (χ0n) is 21.0. The summed E-state index contributed by atoms with van der Waals surface area (Å²) in [5.41, 5.74) is -1.22. The molecule has 2 aromatic carbocycles. The minimum absolute atomic E-state index is 0.0617. The Morgan fingerprint density at radius 2 is 1.63 bits per heavy atom. The van der Waals surface area contributed by atoms with E-state index in [1.165, 1.54) is 19.1 Å². The maximum absolute atomic E-state index is 13.2. The number of hydrogen-bond acceptors (Lipinski definition) is 8. The van der Waals surface area contributed by atoms with E-state index in [4.69, 9.17) is 14.2 Å². The van der Waals surface area contributed by atoms with Crippen molar-refractivity contribution < 1.29 is 51.2 Å². The number of alkyl halides is 3. The summed E-state index contributed by atoms with van der Waals surface area (Å²) in [5.74, 6) is -2.59. The SMILES string of the molecule is CCCCCC1COC(c2ccc(C(=O)Oc3ccc(C(F)(F)F)cc3C(=O)OC(=O)OCC)cc2)OC1. The molecule has 38 heavy (non-hydrogen) atoms. The van der Waals surface area contributed by atoms with Gasteiger partial charge in [0.15, 0.2) is 6.29 Å². The van der Waals surface area contributed by atoms with Crippen molar-refractivity contribution in [2.45, 2.75) is 52.0 Å². The Kier molecular flexibility index (Phi) is 10.3. The maximum Gasteiger partial charge on any atom is 0.516 e. The van der Waals surface area contributed by atoms with Gasteiger partial charge in [-0.2, -0.15) is 13.2 Å². The highest BCUT2D eigenvalue weighted by Crippen LogP contribution is 2.33. The van der Waals surface area contributed by atoms with E-state index in [9.17, 15) is 27.6 Å². The molecular weight excluding hydrogens is 509 g/mol. The number of carbonyl (C=O) groups is 3. The van der Waals surface area contributed by atoms with E-state index in [0.29, 0.717) is 36.8 Å². The molecule has 8 nitrogen and oxygen atoms in total. The van der Waals surface area contributed by atoms with Crippen LogP contribution in [-0.2, 0) is 25.1 Å². The monoisotopic (exact) mass is 538 g/mol. The molecule has 1 fully saturated rings. The van der Waals surface area contributed by atoms with E-state index in [0.717, 1.165) is 31.7 Å². The normalized spacial score (nSPS) is 17.5. The summed E-state index contributed by atoms with van der Waals surface area (Å²) in [5, 5.41) is 0. The first-order valence-corrected chi connectivity index (χ1v) is 12.3. The number of rotatable bonds is 9. The average Bonchev–Trinajstić information content (AvgIpc) is 2.89. The fraction of sp³-hybridized carbons (Fsp3) is 0.444. The lowest BCUT2D eigenvalue weighted by atomic mass is 10.0. The van der Waals surface area contributed by atoms with Crippen LogP contribution in [0.4, 0.5) is 18.0 Å². The van der Waals surface area contributed by atoms with E-state index < -0.39 is 47.4 Å². The minimum Gasteiger partial charge on any atom is -0.434 e. The molecule has 0 aromatic heterocycles. The Labute approximate surface area is 218 Å². The van der Waals surface area contributed by atoms with Crippen molar-refractivity contribution in [1.29, 1.82) is 0 Å². The molecule has 1 aliphatic heterocycles. The number of unbranched alkanes of at least 4 members (excludes halogenated alkanes) is 2. The Morgan fingerprint density at radius 1 is 0.947 bits per heavy atom. The van der Waals surface area contributed by atoms with Crippen LogP contribution >= 0.6 is 0 Å². The molecule has 1 saturated heterocycles. The number of hydrogen-bond donors (Lipinski definition) is 0. The summed E-state index contributed by atoms with van der Waals surface area (Å²) in [6.45, 7) is 4.61. The number of halogens is 3. The predicted molar refractivity (Wildman–Crippen MR) is 128 cm³/mol. The maximum atomic E-state index is 13.2. The van der Waals surface area contributed by atoms with Crippen LogP contribution in [0.5, 0.6) is 5.75 Å². The fourth-order valence-corrected chi connectivity index (χ4v) is 3.75. The lowest BCUT2D eigenvalue weighted by molar-refractivity contribution is -0.206. The number of carbonyl (C=O) groups excluding carboxylic acids is 3. The van der Waals surface area contributed by atoms with Crippen LogP contribution < -0.4 is 4.74 Å². The molecule has 0 unspecified atom stereocenters. The Bertz CT molecular complexity index is 1110. The summed E-state index contributed by atoms with van der Waals surface area (Å²) in [6.07, 6.45) is -2.32. The van der Waals surface area contributed by atoms with Crippen molar-refractivity contribution in [1.82, 2.24) is 0 Å². The topological polar surface area (TPSA) is 97.4 Å². The molecule has 0 saturated carbocycles. The Morgan fingerprint density at radius 3 is 2.24 bits per heavy atom. The molecule has 3 rings (SSSR count). The molecule has 206 valence electrons. The highest BCUT2D eigenvalue weighted by atomic mass is 19.4. The summed E-state index contributed by atoms with van der Waals surface area (Å²) in [6, 6.07) is 7.98. The van der Waals surface area contributed by atoms with Crippen LogP contribution in [0.25, 0.3) is 0 Å². The predicted octanol–water partition coefficient (Wildman–Crippen LogP) is 6.48. The molecule has 11 heteroatoms. The second kappa shape index (κ2) is 13.4. The van der Waals surface area contributed by atoms with Gasteiger partial charge in [-0.3, -0.25) is 0 Å². The van der Waals surface area contributed by atoms with Crippen LogP contribution in [-0.4, -0.2) is 37.9 Å². The summed E-state index contributed by atoms with van der Waals surface area (Å²) in [4.78, 5) is 36.5. The quantitative estimate of drug-likeness (QED) is 0.155. The number of benzene rings is 2. The van der Waals surface area contributed by atoms with Crippen molar-refractivity contribution in [2.75, 3.05) is 19.8 Å². The standard InChI is InChI=1S/C27H29F3O8/c1-3-5-6-7-17-15-35-25(36-16-17)19-10-8-18(9-11-19)23(31)37-22-13-12-20(27(28,29)30)14-21(22)24(32)38-26(33)34-4-2/h8-14,17,25H,3-7,15-16H2,1-2H3. The Balaban J connectivity index is 1.69. The molecule has 0 spiro atoms. The molecular formula is C27H29F3O8. The highest BCUT2D eigenvalue weighted by molar-refractivity contribution is 5.99. The van der Waals surface area contributed by atoms with Gasteiger partial charge >= 0.3 is 24.3 Å². The number of esters is 2. The van der Waals surface area contributed by atoms with Crippen molar-refractivity contribution in [3.05, 3.63) is 64.7 Å². The first kappa shape index (κ1) is 29.1. The van der Waals surface area contributed by atoms with E-state index >= 15 is 0 Å². The molecule has 2 aromatic rings. The van der Waals surface area contributed by atoms with Gasteiger partial charge in [0, 0.05) is 11.5 Å². The van der Waals surface area contributed by atoms with Crippen molar-refractivity contribution in [2.24, 2.45) is 5.92 Å². The summed E-state index contributed by atoms with van der Waals surface area (Å²) < 4.78 is 65.2. The third-order valence-electron chi connectivity index (χ3n) is 5.77. The van der Waals surface area contributed by atoms with Crippen molar-refractivity contribution >= 4 is 18.1 Å². The molecule has 0 bridgehead atoms. The Hall–Kier alpha value is -3.44. The molecule has 0 N–H and O–H groups in total.